The molecule has 0 spiro atoms. The molecule has 0 atom stereocenters. The van der Waals surface area contributed by atoms with E-state index in [2.05, 4.69) is 10.4 Å². The number of ether oxygens (including phenoxy) is 1. The monoisotopic (exact) mass is 380 g/mol. The first-order valence-electron chi connectivity index (χ1n) is 9.40. The number of urea groups is 1. The Kier molecular flexibility index (Phi) is 5.06. The number of carbonyl (C=O) groups excluding carboxylic acids is 1. The molecule has 4 rings (SSSR count). The highest BCUT2D eigenvalue weighted by atomic mass is 16.5. The summed E-state index contributed by atoms with van der Waals surface area (Å²) in [6, 6.07) is 10.8. The number of aryl methyl sites for hydroxylation is 1. The summed E-state index contributed by atoms with van der Waals surface area (Å²) in [5.41, 5.74) is 4.20. The Morgan fingerprint density at radius 3 is 2.96 bits per heavy atom. The van der Waals surface area contributed by atoms with Crippen LogP contribution in [0.15, 0.2) is 47.1 Å². The average Bonchev–Trinajstić information content (AvgIpc) is 3.42. The zero-order valence-electron chi connectivity index (χ0n) is 16.1. The van der Waals surface area contributed by atoms with Gasteiger partial charge in [-0.2, -0.15) is 5.10 Å². The summed E-state index contributed by atoms with van der Waals surface area (Å²) in [5.74, 6) is 1.42. The third-order valence-electron chi connectivity index (χ3n) is 5.07. The topological polar surface area (TPSA) is 72.5 Å². The molecule has 1 aliphatic rings. The van der Waals surface area contributed by atoms with Gasteiger partial charge in [0, 0.05) is 24.5 Å². The minimum atomic E-state index is -0.206. The van der Waals surface area contributed by atoms with Crippen LogP contribution in [-0.4, -0.2) is 27.8 Å². The lowest BCUT2D eigenvalue weighted by Gasteiger charge is -2.22. The van der Waals surface area contributed by atoms with Gasteiger partial charge in [0.1, 0.15) is 11.5 Å². The van der Waals surface area contributed by atoms with E-state index in [-0.39, 0.29) is 6.03 Å². The van der Waals surface area contributed by atoms with Gasteiger partial charge < -0.3 is 19.4 Å². The molecule has 146 valence electrons. The molecule has 7 heteroatoms. The number of nitrogens with one attached hydrogen (secondary N) is 1. The first kappa shape index (κ1) is 18.2. The SMILES string of the molecule is COc1cccc(NC(=O)N(Cc2ccco2)Cc2nn(C)c3c2CCC3)c1. The average molecular weight is 380 g/mol. The van der Waals surface area contributed by atoms with Crippen molar-refractivity contribution >= 4 is 11.7 Å². The van der Waals surface area contributed by atoms with Crippen LogP contribution in [-0.2, 0) is 33.0 Å². The largest absolute Gasteiger partial charge is 0.497 e. The van der Waals surface area contributed by atoms with Gasteiger partial charge in [0.05, 0.1) is 32.2 Å². The van der Waals surface area contributed by atoms with Crippen LogP contribution < -0.4 is 10.1 Å². The quantitative estimate of drug-likeness (QED) is 0.707. The van der Waals surface area contributed by atoms with E-state index in [1.807, 2.05) is 42.1 Å². The Bertz CT molecular complexity index is 962. The molecule has 2 amide bonds. The zero-order valence-corrected chi connectivity index (χ0v) is 16.1. The molecule has 28 heavy (non-hydrogen) atoms. The second-order valence-electron chi connectivity index (χ2n) is 6.95. The van der Waals surface area contributed by atoms with Gasteiger partial charge in [-0.15, -0.1) is 0 Å². The normalized spacial score (nSPS) is 12.6. The Morgan fingerprint density at radius 1 is 1.29 bits per heavy atom. The summed E-state index contributed by atoms with van der Waals surface area (Å²) in [4.78, 5) is 14.8. The summed E-state index contributed by atoms with van der Waals surface area (Å²) in [6.07, 6.45) is 4.83. The third-order valence-corrected chi connectivity index (χ3v) is 5.07. The van der Waals surface area contributed by atoms with Crippen LogP contribution in [0.1, 0.15) is 29.1 Å². The highest BCUT2D eigenvalue weighted by Gasteiger charge is 2.24. The number of hydrogen-bond donors (Lipinski definition) is 1. The molecule has 0 fully saturated rings. The number of fused-ring (bicyclic) bond motifs is 1. The third kappa shape index (κ3) is 3.74. The van der Waals surface area contributed by atoms with Gasteiger partial charge in [-0.05, 0) is 49.1 Å². The standard InChI is InChI=1S/C21H24N4O3/c1-24-20-10-4-9-18(20)19(23-24)14-25(13-17-8-5-11-28-17)21(26)22-15-6-3-7-16(12-15)27-2/h3,5-8,11-12H,4,9-10,13-14H2,1-2H3,(H,22,26). The Hall–Kier alpha value is -3.22. The van der Waals surface area contributed by atoms with Crippen LogP contribution in [0.4, 0.5) is 10.5 Å². The lowest BCUT2D eigenvalue weighted by atomic mass is 10.2. The molecule has 0 saturated carbocycles. The van der Waals surface area contributed by atoms with E-state index in [4.69, 9.17) is 9.15 Å². The molecule has 1 aromatic carbocycles. The van der Waals surface area contributed by atoms with Gasteiger partial charge in [0.25, 0.3) is 0 Å². The summed E-state index contributed by atoms with van der Waals surface area (Å²) < 4.78 is 12.7. The van der Waals surface area contributed by atoms with E-state index in [0.717, 1.165) is 30.7 Å². The van der Waals surface area contributed by atoms with E-state index >= 15 is 0 Å². The van der Waals surface area contributed by atoms with Crippen molar-refractivity contribution in [2.24, 2.45) is 7.05 Å². The number of aromatic nitrogens is 2. The van der Waals surface area contributed by atoms with Crippen LogP contribution >= 0.6 is 0 Å². The second kappa shape index (κ2) is 7.80. The van der Waals surface area contributed by atoms with Crippen molar-refractivity contribution in [2.75, 3.05) is 12.4 Å². The van der Waals surface area contributed by atoms with E-state index in [9.17, 15) is 4.79 Å². The van der Waals surface area contributed by atoms with Crippen LogP contribution in [0.5, 0.6) is 5.75 Å². The van der Waals surface area contributed by atoms with Crippen molar-refractivity contribution in [2.45, 2.75) is 32.4 Å². The predicted octanol–water partition coefficient (Wildman–Crippen LogP) is 3.74. The second-order valence-corrected chi connectivity index (χ2v) is 6.95. The van der Waals surface area contributed by atoms with Gasteiger partial charge in [-0.25, -0.2) is 4.79 Å². The number of amides is 2. The molecule has 0 unspecified atom stereocenters. The summed E-state index contributed by atoms with van der Waals surface area (Å²) in [7, 11) is 3.58. The molecule has 0 radical (unpaired) electrons. The molecule has 1 aliphatic carbocycles. The summed E-state index contributed by atoms with van der Waals surface area (Å²) >= 11 is 0. The molecule has 7 nitrogen and oxygen atoms in total. The number of carbonyl (C=O) groups is 1. The van der Waals surface area contributed by atoms with E-state index < -0.39 is 0 Å². The van der Waals surface area contributed by atoms with Gasteiger partial charge in [0.2, 0.25) is 0 Å². The lowest BCUT2D eigenvalue weighted by molar-refractivity contribution is 0.200. The zero-order chi connectivity index (χ0) is 19.5. The number of hydrogen-bond acceptors (Lipinski definition) is 4. The molecule has 0 bridgehead atoms. The maximum Gasteiger partial charge on any atom is 0.322 e. The number of furan rings is 1. The minimum Gasteiger partial charge on any atom is -0.497 e. The Labute approximate surface area is 163 Å². The number of rotatable bonds is 6. The summed E-state index contributed by atoms with van der Waals surface area (Å²) in [5, 5.41) is 7.62. The van der Waals surface area contributed by atoms with Crippen molar-refractivity contribution in [3.63, 3.8) is 0 Å². The van der Waals surface area contributed by atoms with Crippen LogP contribution in [0.2, 0.25) is 0 Å². The Balaban J connectivity index is 1.56. The fraction of sp³-hybridized carbons (Fsp3) is 0.333. The highest BCUT2D eigenvalue weighted by molar-refractivity contribution is 5.89. The van der Waals surface area contributed by atoms with E-state index in [0.29, 0.717) is 24.5 Å². The molecule has 0 saturated heterocycles. The van der Waals surface area contributed by atoms with Crippen LogP contribution in [0.25, 0.3) is 0 Å². The van der Waals surface area contributed by atoms with Crippen LogP contribution in [0, 0.1) is 0 Å². The maximum absolute atomic E-state index is 13.0. The van der Waals surface area contributed by atoms with Crippen molar-refractivity contribution in [3.8, 4) is 5.75 Å². The number of anilines is 1. The lowest BCUT2D eigenvalue weighted by Crippen LogP contribution is -2.34. The summed E-state index contributed by atoms with van der Waals surface area (Å²) in [6.45, 7) is 0.799. The number of benzene rings is 1. The van der Waals surface area contributed by atoms with E-state index in [1.165, 1.54) is 11.3 Å². The van der Waals surface area contributed by atoms with Gasteiger partial charge >= 0.3 is 6.03 Å². The molecule has 2 heterocycles. The number of methoxy groups -OCH3 is 1. The fourth-order valence-electron chi connectivity index (χ4n) is 3.70. The van der Waals surface area contributed by atoms with Crippen molar-refractivity contribution in [1.82, 2.24) is 14.7 Å². The maximum atomic E-state index is 13.0. The molecule has 3 aromatic rings. The van der Waals surface area contributed by atoms with E-state index in [1.54, 1.807) is 24.3 Å². The Morgan fingerprint density at radius 2 is 2.18 bits per heavy atom. The van der Waals surface area contributed by atoms with Gasteiger partial charge in [-0.3, -0.25) is 4.68 Å². The van der Waals surface area contributed by atoms with Gasteiger partial charge in [0.15, 0.2) is 0 Å². The number of nitrogens with zero attached hydrogens (tertiary/aromatic N) is 3. The molecular formula is C21H24N4O3. The smallest absolute Gasteiger partial charge is 0.322 e. The molecule has 1 N–H and O–H groups in total. The predicted molar refractivity (Wildman–Crippen MR) is 105 cm³/mol. The first-order valence-corrected chi connectivity index (χ1v) is 9.40. The van der Waals surface area contributed by atoms with Crippen molar-refractivity contribution < 1.29 is 13.9 Å². The molecule has 0 aliphatic heterocycles. The molecule has 2 aromatic heterocycles. The van der Waals surface area contributed by atoms with Crippen molar-refractivity contribution in [3.05, 3.63) is 65.4 Å². The van der Waals surface area contributed by atoms with Crippen LogP contribution in [0.3, 0.4) is 0 Å². The highest BCUT2D eigenvalue weighted by Crippen LogP contribution is 2.26. The molecular weight excluding hydrogens is 356 g/mol. The van der Waals surface area contributed by atoms with Crippen molar-refractivity contribution in [1.29, 1.82) is 0 Å². The van der Waals surface area contributed by atoms with Gasteiger partial charge in [-0.1, -0.05) is 6.07 Å². The minimum absolute atomic E-state index is 0.206. The fourth-order valence-corrected chi connectivity index (χ4v) is 3.70. The first-order chi connectivity index (χ1) is 13.6.